The minimum Gasteiger partial charge on any atom is -0.335 e. The van der Waals surface area contributed by atoms with Gasteiger partial charge in [-0.1, -0.05) is 30.3 Å². The van der Waals surface area contributed by atoms with Crippen LogP contribution in [0.15, 0.2) is 30.3 Å². The van der Waals surface area contributed by atoms with Gasteiger partial charge >= 0.3 is 0 Å². The first kappa shape index (κ1) is 13.6. The maximum absolute atomic E-state index is 13.1. The lowest BCUT2D eigenvalue weighted by Crippen LogP contribution is -2.54. The third-order valence-corrected chi connectivity index (χ3v) is 4.75. The quantitative estimate of drug-likeness (QED) is 0.896. The topological polar surface area (TPSA) is 32.3 Å². The number of benzene rings is 1. The van der Waals surface area contributed by atoms with Crippen molar-refractivity contribution in [3.8, 4) is 0 Å². The second-order valence-electron chi connectivity index (χ2n) is 6.75. The van der Waals surface area contributed by atoms with Crippen LogP contribution in [0.5, 0.6) is 0 Å². The lowest BCUT2D eigenvalue weighted by atomic mass is 9.91. The van der Waals surface area contributed by atoms with Crippen LogP contribution in [0.4, 0.5) is 0 Å². The predicted octanol–water partition coefficient (Wildman–Crippen LogP) is 2.32. The van der Waals surface area contributed by atoms with Crippen LogP contribution in [0.2, 0.25) is 0 Å². The number of amides is 1. The highest BCUT2D eigenvalue weighted by Crippen LogP contribution is 2.50. The van der Waals surface area contributed by atoms with Crippen molar-refractivity contribution in [1.29, 1.82) is 0 Å². The molecule has 108 valence electrons. The number of nitrogens with one attached hydrogen (secondary N) is 1. The molecule has 2 fully saturated rings. The Hall–Kier alpha value is -1.35. The molecular formula is C17H24N2O. The van der Waals surface area contributed by atoms with E-state index in [4.69, 9.17) is 0 Å². The molecule has 0 aromatic heterocycles. The third kappa shape index (κ3) is 2.24. The zero-order valence-corrected chi connectivity index (χ0v) is 12.5. The second kappa shape index (κ2) is 4.88. The van der Waals surface area contributed by atoms with Crippen LogP contribution in [0.3, 0.4) is 0 Å². The van der Waals surface area contributed by atoms with E-state index in [0.29, 0.717) is 5.91 Å². The molecule has 1 aromatic rings. The first-order valence-electron chi connectivity index (χ1n) is 7.65. The molecule has 0 radical (unpaired) electrons. The molecule has 1 N–H and O–H groups in total. The molecule has 1 aromatic carbocycles. The number of carbonyl (C=O) groups excluding carboxylic acids is 1. The zero-order chi connectivity index (χ0) is 14.2. The number of carbonyl (C=O) groups is 1. The van der Waals surface area contributed by atoms with E-state index in [2.05, 4.69) is 36.2 Å². The summed E-state index contributed by atoms with van der Waals surface area (Å²) in [5, 5.41) is 3.44. The molecule has 0 bridgehead atoms. The molecule has 3 heteroatoms. The largest absolute Gasteiger partial charge is 0.335 e. The van der Waals surface area contributed by atoms with E-state index in [1.165, 1.54) is 5.56 Å². The van der Waals surface area contributed by atoms with Crippen LogP contribution in [-0.4, -0.2) is 36.0 Å². The van der Waals surface area contributed by atoms with E-state index in [1.54, 1.807) is 0 Å². The number of rotatable bonds is 2. The number of hydrogen-bond acceptors (Lipinski definition) is 2. The molecule has 20 heavy (non-hydrogen) atoms. The smallest absolute Gasteiger partial charge is 0.233 e. The number of nitrogens with zero attached hydrogens (tertiary/aromatic N) is 1. The Kier molecular flexibility index (Phi) is 3.33. The van der Waals surface area contributed by atoms with Crippen molar-refractivity contribution < 1.29 is 4.79 Å². The third-order valence-electron chi connectivity index (χ3n) is 4.75. The highest BCUT2D eigenvalue weighted by atomic mass is 16.2. The zero-order valence-electron chi connectivity index (χ0n) is 12.5. The average Bonchev–Trinajstić information content (AvgIpc) is 3.24. The summed E-state index contributed by atoms with van der Waals surface area (Å²) in [5.41, 5.74) is 0.860. The molecule has 1 aliphatic carbocycles. The SMILES string of the molecule is CC1(C)CNCCCN1C(=O)C1(c2ccccc2)CC1. The molecule has 1 heterocycles. The minimum atomic E-state index is -0.233. The van der Waals surface area contributed by atoms with Gasteiger partial charge in [-0.3, -0.25) is 4.79 Å². The Labute approximate surface area is 121 Å². The van der Waals surface area contributed by atoms with Crippen molar-refractivity contribution >= 4 is 5.91 Å². The molecule has 1 saturated heterocycles. The monoisotopic (exact) mass is 272 g/mol. The van der Waals surface area contributed by atoms with Crippen LogP contribution >= 0.6 is 0 Å². The lowest BCUT2D eigenvalue weighted by Gasteiger charge is -2.39. The molecule has 0 unspecified atom stereocenters. The summed E-state index contributed by atoms with van der Waals surface area (Å²) in [6.07, 6.45) is 3.03. The Morgan fingerprint density at radius 1 is 1.20 bits per heavy atom. The molecule has 1 aliphatic heterocycles. The Morgan fingerprint density at radius 3 is 2.55 bits per heavy atom. The van der Waals surface area contributed by atoms with Crippen molar-refractivity contribution in [2.45, 2.75) is 44.1 Å². The van der Waals surface area contributed by atoms with Gasteiger partial charge in [0.15, 0.2) is 0 Å². The normalized spacial score (nSPS) is 24.0. The first-order chi connectivity index (χ1) is 9.56. The second-order valence-corrected chi connectivity index (χ2v) is 6.75. The van der Waals surface area contributed by atoms with Gasteiger partial charge in [0.2, 0.25) is 5.91 Å². The molecule has 0 atom stereocenters. The molecule has 1 amide bonds. The molecule has 3 rings (SSSR count). The van der Waals surface area contributed by atoms with E-state index < -0.39 is 0 Å². The summed E-state index contributed by atoms with van der Waals surface area (Å²) in [7, 11) is 0. The van der Waals surface area contributed by atoms with Gasteiger partial charge in [0.25, 0.3) is 0 Å². The van der Waals surface area contributed by atoms with Gasteiger partial charge in [0.05, 0.1) is 5.41 Å². The van der Waals surface area contributed by atoms with Crippen molar-refractivity contribution in [3.63, 3.8) is 0 Å². The van der Waals surface area contributed by atoms with Gasteiger partial charge in [0, 0.05) is 18.6 Å². The summed E-state index contributed by atoms with van der Waals surface area (Å²) in [4.78, 5) is 15.3. The summed E-state index contributed by atoms with van der Waals surface area (Å²) in [6, 6.07) is 10.3. The Balaban J connectivity index is 1.88. The summed E-state index contributed by atoms with van der Waals surface area (Å²) < 4.78 is 0. The van der Waals surface area contributed by atoms with Gasteiger partial charge in [-0.05, 0) is 45.2 Å². The van der Waals surface area contributed by atoms with E-state index in [9.17, 15) is 4.79 Å². The van der Waals surface area contributed by atoms with Crippen LogP contribution < -0.4 is 5.32 Å². The van der Waals surface area contributed by atoms with Gasteiger partial charge in [0.1, 0.15) is 0 Å². The highest BCUT2D eigenvalue weighted by molar-refractivity contribution is 5.91. The van der Waals surface area contributed by atoms with Crippen LogP contribution in [0.1, 0.15) is 38.7 Å². The van der Waals surface area contributed by atoms with Crippen molar-refractivity contribution in [3.05, 3.63) is 35.9 Å². The molecule has 3 nitrogen and oxygen atoms in total. The summed E-state index contributed by atoms with van der Waals surface area (Å²) >= 11 is 0. The lowest BCUT2D eigenvalue weighted by molar-refractivity contribution is -0.138. The summed E-state index contributed by atoms with van der Waals surface area (Å²) in [6.45, 7) is 7.09. The molecule has 0 spiro atoms. The summed E-state index contributed by atoms with van der Waals surface area (Å²) in [5.74, 6) is 0.331. The van der Waals surface area contributed by atoms with Gasteiger partial charge in [-0.15, -0.1) is 0 Å². The van der Waals surface area contributed by atoms with Crippen molar-refractivity contribution in [2.24, 2.45) is 0 Å². The fraction of sp³-hybridized carbons (Fsp3) is 0.588. The molecule has 1 saturated carbocycles. The van der Waals surface area contributed by atoms with Gasteiger partial charge in [-0.2, -0.15) is 0 Å². The standard InChI is InChI=1S/C17H24N2O/c1-16(2)13-18-11-6-12-19(16)15(20)17(9-10-17)14-7-4-3-5-8-14/h3-5,7-8,18H,6,9-13H2,1-2H3. The van der Waals surface area contributed by atoms with Crippen molar-refractivity contribution in [1.82, 2.24) is 10.2 Å². The van der Waals surface area contributed by atoms with E-state index in [-0.39, 0.29) is 11.0 Å². The fourth-order valence-electron chi connectivity index (χ4n) is 3.30. The van der Waals surface area contributed by atoms with Gasteiger partial charge < -0.3 is 10.2 Å². The van der Waals surface area contributed by atoms with E-state index in [1.807, 2.05) is 18.2 Å². The molecular weight excluding hydrogens is 248 g/mol. The molecule has 2 aliphatic rings. The maximum Gasteiger partial charge on any atom is 0.233 e. The minimum absolute atomic E-state index is 0.0993. The average molecular weight is 272 g/mol. The Morgan fingerprint density at radius 2 is 1.90 bits per heavy atom. The van der Waals surface area contributed by atoms with E-state index in [0.717, 1.165) is 38.9 Å². The van der Waals surface area contributed by atoms with Gasteiger partial charge in [-0.25, -0.2) is 0 Å². The van der Waals surface area contributed by atoms with Crippen LogP contribution in [0.25, 0.3) is 0 Å². The first-order valence-corrected chi connectivity index (χ1v) is 7.65. The maximum atomic E-state index is 13.1. The number of hydrogen-bond donors (Lipinski definition) is 1. The predicted molar refractivity (Wildman–Crippen MR) is 80.6 cm³/mol. The fourth-order valence-corrected chi connectivity index (χ4v) is 3.30. The van der Waals surface area contributed by atoms with E-state index >= 15 is 0 Å². The van der Waals surface area contributed by atoms with Crippen molar-refractivity contribution in [2.75, 3.05) is 19.6 Å². The van der Waals surface area contributed by atoms with Crippen LogP contribution in [-0.2, 0) is 10.2 Å². The Bertz CT molecular complexity index is 491. The highest BCUT2D eigenvalue weighted by Gasteiger charge is 2.54. The van der Waals surface area contributed by atoms with Crippen LogP contribution in [0, 0.1) is 0 Å².